The first-order valence-corrected chi connectivity index (χ1v) is 5.00. The Balaban J connectivity index is 2.39. The van der Waals surface area contributed by atoms with Crippen LogP contribution in [0.5, 0.6) is 0 Å². The Morgan fingerprint density at radius 3 is 2.29 bits per heavy atom. The third-order valence-electron chi connectivity index (χ3n) is 2.38. The average Bonchev–Trinajstić information content (AvgIpc) is 2.33. The molecule has 1 aromatic carbocycles. The molecule has 1 heterocycles. The van der Waals surface area contributed by atoms with Gasteiger partial charge >= 0.3 is 0 Å². The molecule has 2 rings (SSSR count). The fourth-order valence-electron chi connectivity index (χ4n) is 1.45. The van der Waals surface area contributed by atoms with Crippen LogP contribution in [0.15, 0.2) is 36.5 Å². The summed E-state index contributed by atoms with van der Waals surface area (Å²) in [6.07, 6.45) is 1.46. The maximum absolute atomic E-state index is 13.0. The average molecular weight is 233 g/mol. The fraction of sp³-hybridized carbons (Fsp3) is 0.0769. The number of rotatable bonds is 2. The maximum atomic E-state index is 13.0. The minimum atomic E-state index is -0.904. The maximum Gasteiger partial charge on any atom is 0.178 e. The Labute approximate surface area is 96.9 Å². The van der Waals surface area contributed by atoms with Crippen molar-refractivity contribution in [2.45, 2.75) is 6.92 Å². The van der Waals surface area contributed by atoms with Crippen LogP contribution in [0.25, 0.3) is 11.1 Å². The van der Waals surface area contributed by atoms with Crippen molar-refractivity contribution in [3.63, 3.8) is 0 Å². The number of carbonyl (C=O) groups excluding carboxylic acids is 1. The molecule has 0 aliphatic heterocycles. The van der Waals surface area contributed by atoms with Crippen LogP contribution in [0, 0.1) is 11.6 Å². The number of carbonyl (C=O) groups is 1. The topological polar surface area (TPSA) is 30.0 Å². The number of hydrogen-bond donors (Lipinski definition) is 0. The van der Waals surface area contributed by atoms with Gasteiger partial charge in [-0.15, -0.1) is 0 Å². The van der Waals surface area contributed by atoms with Gasteiger partial charge in [-0.1, -0.05) is 12.1 Å². The summed E-state index contributed by atoms with van der Waals surface area (Å²) >= 11 is 0. The van der Waals surface area contributed by atoms with E-state index in [2.05, 4.69) is 4.98 Å². The molecular formula is C13H9F2NO. The summed E-state index contributed by atoms with van der Waals surface area (Å²) in [7, 11) is 0. The molecule has 0 atom stereocenters. The van der Waals surface area contributed by atoms with E-state index < -0.39 is 11.6 Å². The van der Waals surface area contributed by atoms with E-state index in [4.69, 9.17) is 0 Å². The molecule has 2 nitrogen and oxygen atoms in total. The van der Waals surface area contributed by atoms with Crippen LogP contribution in [0.4, 0.5) is 8.78 Å². The third kappa shape index (κ3) is 2.36. The van der Waals surface area contributed by atoms with E-state index in [1.165, 1.54) is 19.2 Å². The zero-order chi connectivity index (χ0) is 12.4. The van der Waals surface area contributed by atoms with Crippen LogP contribution < -0.4 is 0 Å². The Morgan fingerprint density at radius 1 is 1.06 bits per heavy atom. The second-order valence-electron chi connectivity index (χ2n) is 3.62. The SMILES string of the molecule is CC(=O)c1ccc(-c2ccc(F)c(F)c2)cn1. The number of nitrogens with zero attached hydrogens (tertiary/aromatic N) is 1. The summed E-state index contributed by atoms with van der Waals surface area (Å²) < 4.78 is 25.8. The van der Waals surface area contributed by atoms with Crippen LogP contribution in [0.3, 0.4) is 0 Å². The first-order valence-electron chi connectivity index (χ1n) is 5.00. The zero-order valence-electron chi connectivity index (χ0n) is 9.08. The number of Topliss-reactive ketones (excluding diaryl/α,β-unsaturated/α-hetero) is 1. The molecule has 86 valence electrons. The number of pyridine rings is 1. The van der Waals surface area contributed by atoms with Crippen molar-refractivity contribution in [2.75, 3.05) is 0 Å². The lowest BCUT2D eigenvalue weighted by atomic mass is 10.1. The highest BCUT2D eigenvalue weighted by Gasteiger charge is 2.06. The Hall–Kier alpha value is -2.10. The molecule has 0 saturated carbocycles. The standard InChI is InChI=1S/C13H9F2NO/c1-8(17)13-5-3-10(7-16-13)9-2-4-11(14)12(15)6-9/h2-7H,1H3. The molecule has 0 amide bonds. The summed E-state index contributed by atoms with van der Waals surface area (Å²) in [6.45, 7) is 1.42. The number of hydrogen-bond acceptors (Lipinski definition) is 2. The van der Waals surface area contributed by atoms with Gasteiger partial charge in [-0.2, -0.15) is 0 Å². The quantitative estimate of drug-likeness (QED) is 0.745. The number of aromatic nitrogens is 1. The van der Waals surface area contributed by atoms with E-state index >= 15 is 0 Å². The van der Waals surface area contributed by atoms with Crippen molar-refractivity contribution in [3.8, 4) is 11.1 Å². The molecule has 1 aromatic heterocycles. The first-order chi connectivity index (χ1) is 8.08. The van der Waals surface area contributed by atoms with Gasteiger partial charge in [-0.05, 0) is 23.8 Å². The van der Waals surface area contributed by atoms with E-state index in [0.717, 1.165) is 12.1 Å². The summed E-state index contributed by atoms with van der Waals surface area (Å²) in [4.78, 5) is 15.0. The van der Waals surface area contributed by atoms with Gasteiger partial charge in [0.05, 0.1) is 0 Å². The summed E-state index contributed by atoms with van der Waals surface area (Å²) in [5, 5.41) is 0. The van der Waals surface area contributed by atoms with Crippen molar-refractivity contribution in [1.29, 1.82) is 0 Å². The van der Waals surface area contributed by atoms with Crippen LogP contribution in [-0.2, 0) is 0 Å². The molecule has 0 radical (unpaired) electrons. The highest BCUT2D eigenvalue weighted by molar-refractivity contribution is 5.92. The molecule has 0 N–H and O–H groups in total. The van der Waals surface area contributed by atoms with E-state index in [9.17, 15) is 13.6 Å². The lowest BCUT2D eigenvalue weighted by Gasteiger charge is -2.02. The number of halogens is 2. The Bertz CT molecular complexity index is 564. The zero-order valence-corrected chi connectivity index (χ0v) is 9.08. The minimum absolute atomic E-state index is 0.137. The van der Waals surface area contributed by atoms with Gasteiger partial charge in [0.25, 0.3) is 0 Å². The molecule has 4 heteroatoms. The molecule has 0 bridgehead atoms. The van der Waals surface area contributed by atoms with Crippen LogP contribution in [0.1, 0.15) is 17.4 Å². The van der Waals surface area contributed by atoms with Crippen LogP contribution in [0.2, 0.25) is 0 Å². The van der Waals surface area contributed by atoms with E-state index in [1.807, 2.05) is 0 Å². The van der Waals surface area contributed by atoms with Crippen molar-refractivity contribution >= 4 is 5.78 Å². The second kappa shape index (κ2) is 4.41. The Morgan fingerprint density at radius 2 is 1.76 bits per heavy atom. The molecule has 0 spiro atoms. The first kappa shape index (κ1) is 11.4. The molecule has 0 aliphatic rings. The van der Waals surface area contributed by atoms with Gasteiger partial charge in [-0.25, -0.2) is 8.78 Å². The number of ketones is 1. The van der Waals surface area contributed by atoms with Crippen molar-refractivity contribution in [2.24, 2.45) is 0 Å². The van der Waals surface area contributed by atoms with Gasteiger partial charge in [0, 0.05) is 18.7 Å². The summed E-state index contributed by atoms with van der Waals surface area (Å²) in [6, 6.07) is 6.82. The molecule has 17 heavy (non-hydrogen) atoms. The normalized spacial score (nSPS) is 10.3. The van der Waals surface area contributed by atoms with E-state index in [1.54, 1.807) is 12.1 Å². The highest BCUT2D eigenvalue weighted by Crippen LogP contribution is 2.20. The van der Waals surface area contributed by atoms with Crippen molar-refractivity contribution in [3.05, 3.63) is 53.9 Å². The van der Waals surface area contributed by atoms with Gasteiger partial charge in [-0.3, -0.25) is 9.78 Å². The van der Waals surface area contributed by atoms with Gasteiger partial charge in [0.2, 0.25) is 0 Å². The minimum Gasteiger partial charge on any atom is -0.293 e. The molecule has 0 unspecified atom stereocenters. The van der Waals surface area contributed by atoms with E-state index in [-0.39, 0.29) is 5.78 Å². The monoisotopic (exact) mass is 233 g/mol. The second-order valence-corrected chi connectivity index (χ2v) is 3.62. The third-order valence-corrected chi connectivity index (χ3v) is 2.38. The molecule has 0 aliphatic carbocycles. The lowest BCUT2D eigenvalue weighted by molar-refractivity contribution is 0.101. The predicted octanol–water partition coefficient (Wildman–Crippen LogP) is 3.23. The summed E-state index contributed by atoms with van der Waals surface area (Å²) in [5.41, 5.74) is 1.50. The van der Waals surface area contributed by atoms with Crippen LogP contribution in [-0.4, -0.2) is 10.8 Å². The molecule has 0 saturated heterocycles. The molecule has 2 aromatic rings. The molecule has 0 fully saturated rings. The summed E-state index contributed by atoms with van der Waals surface area (Å²) in [5.74, 6) is -1.93. The lowest BCUT2D eigenvalue weighted by Crippen LogP contribution is -1.95. The molecular weight excluding hydrogens is 224 g/mol. The van der Waals surface area contributed by atoms with Crippen LogP contribution >= 0.6 is 0 Å². The van der Waals surface area contributed by atoms with Gasteiger partial charge < -0.3 is 0 Å². The van der Waals surface area contributed by atoms with Gasteiger partial charge in [0.1, 0.15) is 5.69 Å². The van der Waals surface area contributed by atoms with Crippen molar-refractivity contribution < 1.29 is 13.6 Å². The van der Waals surface area contributed by atoms with Crippen molar-refractivity contribution in [1.82, 2.24) is 4.98 Å². The van der Waals surface area contributed by atoms with Gasteiger partial charge in [0.15, 0.2) is 17.4 Å². The fourth-order valence-corrected chi connectivity index (χ4v) is 1.45. The smallest absolute Gasteiger partial charge is 0.178 e. The highest BCUT2D eigenvalue weighted by atomic mass is 19.2. The largest absolute Gasteiger partial charge is 0.293 e. The predicted molar refractivity (Wildman–Crippen MR) is 59.6 cm³/mol. The number of benzene rings is 1. The Kier molecular flexibility index (Phi) is 2.95. The van der Waals surface area contributed by atoms with E-state index in [0.29, 0.717) is 16.8 Å².